The minimum absolute atomic E-state index is 1.38. The van der Waals surface area contributed by atoms with E-state index >= 15 is 0 Å². The average Bonchev–Trinajstić information content (AvgIpc) is 2.71. The molecule has 1 unspecified atom stereocenters. The van der Waals surface area contributed by atoms with Crippen molar-refractivity contribution in [2.24, 2.45) is 0 Å². The number of hydrogen-bond acceptors (Lipinski definition) is 10. The van der Waals surface area contributed by atoms with Gasteiger partial charge in [-0.15, -0.1) is 0 Å². The molecule has 1 saturated heterocycles. The molecule has 0 saturated carbocycles. The van der Waals surface area contributed by atoms with Crippen LogP contribution >= 0.6 is 0 Å². The van der Waals surface area contributed by atoms with E-state index in [0.29, 0.717) is 0 Å². The van der Waals surface area contributed by atoms with Gasteiger partial charge >= 0.3 is 0 Å². The van der Waals surface area contributed by atoms with E-state index in [-0.39, 0.29) is 0 Å². The average molecular weight is 352 g/mol. The monoisotopic (exact) mass is 352 g/mol. The molecule has 1 fully saturated rings. The molecule has 1 aliphatic rings. The number of carbonyl (C=O) groups is 4. The molecular formula is C14H20O10. The molecule has 5 N–H and O–H groups in total. The molecule has 0 amide bonds. The number of Topliss-reactive ketones (excluding diaryl/α,β-unsaturated/α-hetero) is 4. The van der Waals surface area contributed by atoms with Crippen LogP contribution in [0.4, 0.5) is 0 Å². The summed E-state index contributed by atoms with van der Waals surface area (Å²) in [5, 5.41) is 52.9. The minimum atomic E-state index is -4.21. The lowest BCUT2D eigenvalue weighted by Gasteiger charge is -2.59. The standard InChI is InChI=1S/C14H20O10/c1-6(16)11(20)10(5-15)24-14(23,9(4)19)13(22,8(3)18)12(11,21)7(2)17/h10,15,20-23H,5H2,1-4H3/t10-,11-,12+,13-,14?/m1/s1/i1D,2D,3D,4D. The van der Waals surface area contributed by atoms with Gasteiger partial charge in [0.1, 0.15) is 6.10 Å². The SMILES string of the molecule is [2H]CC(=O)C1(O)O[C@H](CO)[C@](O)(C(=O)C[2H])[C@@](O)(C(=O)C[2H])[C@]1(O)C(=O)C[2H]. The lowest BCUT2D eigenvalue weighted by Crippen LogP contribution is -2.90. The Kier molecular flexibility index (Phi) is 3.54. The molecule has 1 rings (SSSR count). The van der Waals surface area contributed by atoms with Crippen molar-refractivity contribution in [3.05, 3.63) is 0 Å². The summed E-state index contributed by atoms with van der Waals surface area (Å²) >= 11 is 0. The highest BCUT2D eigenvalue weighted by atomic mass is 16.7. The summed E-state index contributed by atoms with van der Waals surface area (Å²) in [6, 6.07) is 0. The predicted molar refractivity (Wildman–Crippen MR) is 74.5 cm³/mol. The van der Waals surface area contributed by atoms with E-state index in [0.717, 1.165) is 0 Å². The summed E-state index contributed by atoms with van der Waals surface area (Å²) in [6.07, 6.45) is -2.52. The van der Waals surface area contributed by atoms with Crippen LogP contribution in [0, 0.1) is 0 Å². The molecule has 0 spiro atoms. The second-order valence-corrected chi connectivity index (χ2v) is 5.31. The molecule has 10 nitrogen and oxygen atoms in total. The van der Waals surface area contributed by atoms with Crippen molar-refractivity contribution in [1.82, 2.24) is 0 Å². The Bertz CT molecular complexity index is 689. The Labute approximate surface area is 142 Å². The van der Waals surface area contributed by atoms with E-state index in [1.807, 2.05) is 0 Å². The number of rotatable bonds is 5. The van der Waals surface area contributed by atoms with E-state index < -0.39 is 86.0 Å². The maximum Gasteiger partial charge on any atom is 0.267 e. The Hall–Kier alpha value is -1.56. The van der Waals surface area contributed by atoms with Gasteiger partial charge in [0, 0.05) is 12.4 Å². The van der Waals surface area contributed by atoms with Crippen LogP contribution in [0.5, 0.6) is 0 Å². The van der Waals surface area contributed by atoms with Crippen LogP contribution in [0.1, 0.15) is 33.1 Å². The third-order valence-corrected chi connectivity index (χ3v) is 4.12. The van der Waals surface area contributed by atoms with E-state index in [9.17, 15) is 44.7 Å². The van der Waals surface area contributed by atoms with E-state index in [2.05, 4.69) is 0 Å². The van der Waals surface area contributed by atoms with Crippen LogP contribution in [0.3, 0.4) is 0 Å². The highest BCUT2D eigenvalue weighted by molar-refractivity contribution is 6.08. The van der Waals surface area contributed by atoms with Gasteiger partial charge in [-0.3, -0.25) is 19.2 Å². The summed E-state index contributed by atoms with van der Waals surface area (Å²) in [7, 11) is 0. The van der Waals surface area contributed by atoms with Gasteiger partial charge in [-0.1, -0.05) is 0 Å². The molecule has 0 aromatic heterocycles. The highest BCUT2D eigenvalue weighted by Gasteiger charge is 2.83. The van der Waals surface area contributed by atoms with Crippen molar-refractivity contribution in [1.29, 1.82) is 0 Å². The smallest absolute Gasteiger partial charge is 0.267 e. The number of carbonyl (C=O) groups excluding carboxylic acids is 4. The third kappa shape index (κ3) is 1.98. The Morgan fingerprint density at radius 1 is 0.875 bits per heavy atom. The van der Waals surface area contributed by atoms with Gasteiger partial charge in [0.25, 0.3) is 5.79 Å². The normalized spacial score (nSPS) is 44.6. The molecule has 0 bridgehead atoms. The highest BCUT2D eigenvalue weighted by Crippen LogP contribution is 2.50. The summed E-state index contributed by atoms with van der Waals surface area (Å²) in [4.78, 5) is 49.2. The molecule has 0 radical (unpaired) electrons. The second-order valence-electron chi connectivity index (χ2n) is 5.31. The van der Waals surface area contributed by atoms with Crippen LogP contribution in [0.2, 0.25) is 0 Å². The number of aliphatic hydroxyl groups excluding tert-OH is 1. The first-order valence-corrected chi connectivity index (χ1v) is 6.33. The van der Waals surface area contributed by atoms with Gasteiger partial charge in [0.15, 0.2) is 28.7 Å². The molecule has 1 heterocycles. The number of aliphatic hydroxyl groups is 5. The van der Waals surface area contributed by atoms with Crippen LogP contribution in [0.15, 0.2) is 0 Å². The maximum atomic E-state index is 12.4. The van der Waals surface area contributed by atoms with Crippen molar-refractivity contribution in [2.45, 2.75) is 56.3 Å². The first-order valence-electron chi connectivity index (χ1n) is 9.16. The van der Waals surface area contributed by atoms with Gasteiger partial charge in [0.2, 0.25) is 11.2 Å². The summed E-state index contributed by atoms with van der Waals surface area (Å²) in [5.41, 5.74) is -12.1. The van der Waals surface area contributed by atoms with E-state index in [4.69, 9.17) is 10.2 Å². The molecule has 5 atom stereocenters. The van der Waals surface area contributed by atoms with Crippen LogP contribution in [0.25, 0.3) is 0 Å². The first-order chi connectivity index (χ1) is 12.8. The molecule has 0 aliphatic carbocycles. The molecule has 0 aromatic rings. The first kappa shape index (κ1) is 14.8. The van der Waals surface area contributed by atoms with Crippen LogP contribution in [-0.2, 0) is 23.9 Å². The summed E-state index contributed by atoms with van der Waals surface area (Å²) in [5.74, 6) is -11.4. The Balaban J connectivity index is 4.15. The zero-order valence-electron chi connectivity index (χ0n) is 16.4. The van der Waals surface area contributed by atoms with Crippen LogP contribution in [-0.4, -0.2) is 84.0 Å². The summed E-state index contributed by atoms with van der Waals surface area (Å²) in [6.45, 7) is -7.23. The van der Waals surface area contributed by atoms with Crippen molar-refractivity contribution in [3.63, 3.8) is 0 Å². The largest absolute Gasteiger partial charge is 0.394 e. The molecule has 136 valence electrons. The Morgan fingerprint density at radius 3 is 1.75 bits per heavy atom. The zero-order valence-corrected chi connectivity index (χ0v) is 12.4. The summed E-state index contributed by atoms with van der Waals surface area (Å²) < 4.78 is 33.2. The number of ether oxygens (including phenoxy) is 1. The topological polar surface area (TPSA) is 179 Å². The van der Waals surface area contributed by atoms with Gasteiger partial charge in [-0.05, 0) is 20.7 Å². The van der Waals surface area contributed by atoms with Crippen molar-refractivity contribution < 1.29 is 54.9 Å². The minimum Gasteiger partial charge on any atom is -0.394 e. The van der Waals surface area contributed by atoms with Gasteiger partial charge in [-0.2, -0.15) is 0 Å². The van der Waals surface area contributed by atoms with Crippen molar-refractivity contribution >= 4 is 23.1 Å². The predicted octanol–water partition coefficient (Wildman–Crippen LogP) is -3.38. The van der Waals surface area contributed by atoms with E-state index in [1.165, 1.54) is 0 Å². The van der Waals surface area contributed by atoms with Crippen LogP contribution < -0.4 is 0 Å². The van der Waals surface area contributed by atoms with Gasteiger partial charge in [-0.25, -0.2) is 0 Å². The third-order valence-electron chi connectivity index (χ3n) is 4.12. The fraction of sp³-hybridized carbons (Fsp3) is 0.714. The Morgan fingerprint density at radius 2 is 1.33 bits per heavy atom. The fourth-order valence-corrected chi connectivity index (χ4v) is 2.75. The second kappa shape index (κ2) is 5.76. The molecule has 24 heavy (non-hydrogen) atoms. The van der Waals surface area contributed by atoms with Gasteiger partial charge < -0.3 is 30.3 Å². The lowest BCUT2D eigenvalue weighted by molar-refractivity contribution is -0.390. The maximum absolute atomic E-state index is 12.4. The molecule has 0 aromatic carbocycles. The lowest BCUT2D eigenvalue weighted by atomic mass is 9.57. The van der Waals surface area contributed by atoms with Crippen molar-refractivity contribution in [2.75, 3.05) is 6.61 Å². The fourth-order valence-electron chi connectivity index (χ4n) is 2.75. The molecule has 10 heteroatoms. The quantitative estimate of drug-likeness (QED) is 0.335. The number of hydrogen-bond donors (Lipinski definition) is 5. The molecular weight excluding hydrogens is 328 g/mol. The van der Waals surface area contributed by atoms with E-state index in [1.54, 1.807) is 0 Å². The number of ketones is 4. The zero-order chi connectivity index (χ0) is 22.1. The molecule has 1 aliphatic heterocycles. The van der Waals surface area contributed by atoms with Gasteiger partial charge in [0.05, 0.1) is 6.61 Å². The van der Waals surface area contributed by atoms with Crippen molar-refractivity contribution in [3.8, 4) is 0 Å².